The van der Waals surface area contributed by atoms with Crippen LogP contribution >= 0.6 is 0 Å². The van der Waals surface area contributed by atoms with Crippen LogP contribution in [0.2, 0.25) is 0 Å². The van der Waals surface area contributed by atoms with Gasteiger partial charge in [0, 0.05) is 26.2 Å². The van der Waals surface area contributed by atoms with Crippen molar-refractivity contribution in [3.63, 3.8) is 0 Å². The lowest BCUT2D eigenvalue weighted by atomic mass is 10.2. The van der Waals surface area contributed by atoms with Gasteiger partial charge in [-0.05, 0) is 12.0 Å². The summed E-state index contributed by atoms with van der Waals surface area (Å²) in [5.74, 6) is 0. The van der Waals surface area contributed by atoms with Crippen molar-refractivity contribution in [2.45, 2.75) is 19.9 Å². The molecule has 0 saturated heterocycles. The molecule has 0 saturated carbocycles. The highest BCUT2D eigenvalue weighted by Gasteiger charge is 1.89. The van der Waals surface area contributed by atoms with Gasteiger partial charge in [0.05, 0.1) is 0 Å². The number of hydrogen-bond acceptors (Lipinski definition) is 2. The standard InChI is InChI=1S/C12H19N2/c1-2-8-13-9-10-14-11-12-6-4-3-5-7-12/h3-8,13-14H,2,9-11H2,1H3. The van der Waals surface area contributed by atoms with Gasteiger partial charge < -0.3 is 10.6 Å². The van der Waals surface area contributed by atoms with Crippen molar-refractivity contribution in [1.29, 1.82) is 0 Å². The van der Waals surface area contributed by atoms with E-state index in [0.717, 1.165) is 26.1 Å². The van der Waals surface area contributed by atoms with E-state index in [4.69, 9.17) is 0 Å². The molecule has 0 spiro atoms. The lowest BCUT2D eigenvalue weighted by molar-refractivity contribution is 0.641. The number of hydrogen-bond donors (Lipinski definition) is 2. The molecule has 0 unspecified atom stereocenters. The Morgan fingerprint density at radius 2 is 1.93 bits per heavy atom. The molecule has 1 aromatic rings. The minimum absolute atomic E-state index is 0.953. The summed E-state index contributed by atoms with van der Waals surface area (Å²) in [6.07, 6.45) is 1.08. The van der Waals surface area contributed by atoms with E-state index in [1.807, 2.05) is 6.07 Å². The van der Waals surface area contributed by atoms with Crippen molar-refractivity contribution >= 4 is 0 Å². The number of rotatable bonds is 7. The minimum atomic E-state index is 0.953. The molecule has 0 fully saturated rings. The van der Waals surface area contributed by atoms with Crippen LogP contribution in [0.4, 0.5) is 0 Å². The van der Waals surface area contributed by atoms with E-state index >= 15 is 0 Å². The Kier molecular flexibility index (Phi) is 6.04. The summed E-state index contributed by atoms with van der Waals surface area (Å²) >= 11 is 0. The van der Waals surface area contributed by atoms with Gasteiger partial charge in [0.2, 0.25) is 0 Å². The number of nitrogens with one attached hydrogen (secondary N) is 2. The molecule has 1 radical (unpaired) electrons. The van der Waals surface area contributed by atoms with Gasteiger partial charge in [-0.25, -0.2) is 0 Å². The lowest BCUT2D eigenvalue weighted by Crippen LogP contribution is -2.25. The van der Waals surface area contributed by atoms with Crippen LogP contribution in [0.3, 0.4) is 0 Å². The van der Waals surface area contributed by atoms with E-state index in [2.05, 4.69) is 48.4 Å². The van der Waals surface area contributed by atoms with Gasteiger partial charge in [0.15, 0.2) is 0 Å². The van der Waals surface area contributed by atoms with Crippen LogP contribution in [-0.2, 0) is 6.54 Å². The third-order valence-electron chi connectivity index (χ3n) is 1.97. The minimum Gasteiger partial charge on any atom is -0.311 e. The zero-order valence-electron chi connectivity index (χ0n) is 8.79. The van der Waals surface area contributed by atoms with Gasteiger partial charge in [-0.3, -0.25) is 0 Å². The Balaban J connectivity index is 1.99. The summed E-state index contributed by atoms with van der Waals surface area (Å²) in [5, 5.41) is 6.61. The molecule has 1 rings (SSSR count). The van der Waals surface area contributed by atoms with E-state index in [1.54, 1.807) is 0 Å². The fourth-order valence-corrected chi connectivity index (χ4v) is 1.24. The van der Waals surface area contributed by atoms with E-state index in [1.165, 1.54) is 5.56 Å². The summed E-state index contributed by atoms with van der Waals surface area (Å²) in [4.78, 5) is 0. The molecule has 0 heterocycles. The van der Waals surface area contributed by atoms with Crippen LogP contribution in [0.5, 0.6) is 0 Å². The highest BCUT2D eigenvalue weighted by molar-refractivity contribution is 5.14. The quantitative estimate of drug-likeness (QED) is 0.644. The van der Waals surface area contributed by atoms with Crippen LogP contribution in [0.15, 0.2) is 30.3 Å². The molecule has 2 heteroatoms. The lowest BCUT2D eigenvalue weighted by Gasteiger charge is -2.05. The molecule has 77 valence electrons. The molecule has 0 aliphatic carbocycles. The second kappa shape index (κ2) is 7.54. The monoisotopic (exact) mass is 191 g/mol. The SMILES string of the molecule is CC[CH]NCCNCc1ccccc1. The Morgan fingerprint density at radius 3 is 2.64 bits per heavy atom. The maximum atomic E-state index is 3.38. The third kappa shape index (κ3) is 5.00. The summed E-state index contributed by atoms with van der Waals surface area (Å²) < 4.78 is 0. The summed E-state index contributed by atoms with van der Waals surface area (Å²) in [6, 6.07) is 10.5. The maximum absolute atomic E-state index is 3.38. The van der Waals surface area contributed by atoms with E-state index in [9.17, 15) is 0 Å². The van der Waals surface area contributed by atoms with Gasteiger partial charge in [0.1, 0.15) is 0 Å². The van der Waals surface area contributed by atoms with Gasteiger partial charge in [-0.1, -0.05) is 37.3 Å². The van der Waals surface area contributed by atoms with Crippen molar-refractivity contribution in [1.82, 2.24) is 10.6 Å². The highest BCUT2D eigenvalue weighted by Crippen LogP contribution is 1.96. The molecule has 0 aliphatic rings. The molecular formula is C12H19N2. The molecule has 1 aromatic carbocycles. The smallest absolute Gasteiger partial charge is 0.0219 e. The second-order valence-corrected chi connectivity index (χ2v) is 3.23. The molecule has 14 heavy (non-hydrogen) atoms. The van der Waals surface area contributed by atoms with Crippen LogP contribution in [0.25, 0.3) is 0 Å². The van der Waals surface area contributed by atoms with Crippen molar-refractivity contribution in [2.24, 2.45) is 0 Å². The first kappa shape index (κ1) is 11.2. The topological polar surface area (TPSA) is 24.1 Å². The van der Waals surface area contributed by atoms with Crippen molar-refractivity contribution < 1.29 is 0 Å². The normalized spacial score (nSPS) is 10.4. The Bertz CT molecular complexity index is 221. The molecule has 0 atom stereocenters. The maximum Gasteiger partial charge on any atom is 0.0219 e. The highest BCUT2D eigenvalue weighted by atomic mass is 14.9. The zero-order chi connectivity index (χ0) is 10.1. The molecule has 0 aromatic heterocycles. The molecule has 2 nitrogen and oxygen atoms in total. The summed E-state index contributed by atoms with van der Waals surface area (Å²) in [7, 11) is 0. The fraction of sp³-hybridized carbons (Fsp3) is 0.417. The average Bonchev–Trinajstić information content (AvgIpc) is 2.25. The molecule has 0 bridgehead atoms. The Labute approximate surface area is 86.7 Å². The Morgan fingerprint density at radius 1 is 1.14 bits per heavy atom. The predicted molar refractivity (Wildman–Crippen MR) is 60.7 cm³/mol. The van der Waals surface area contributed by atoms with Gasteiger partial charge in [0.25, 0.3) is 0 Å². The zero-order valence-corrected chi connectivity index (χ0v) is 8.79. The Hall–Kier alpha value is -0.860. The van der Waals surface area contributed by atoms with Crippen LogP contribution < -0.4 is 10.6 Å². The largest absolute Gasteiger partial charge is 0.311 e. The van der Waals surface area contributed by atoms with Gasteiger partial charge in [-0.15, -0.1) is 0 Å². The van der Waals surface area contributed by atoms with Crippen LogP contribution in [-0.4, -0.2) is 13.1 Å². The van der Waals surface area contributed by atoms with Gasteiger partial charge in [-0.2, -0.15) is 0 Å². The molecule has 0 amide bonds. The summed E-state index contributed by atoms with van der Waals surface area (Å²) in [5.41, 5.74) is 1.34. The first-order valence-electron chi connectivity index (χ1n) is 5.23. The van der Waals surface area contributed by atoms with Crippen LogP contribution in [0, 0.1) is 6.54 Å². The third-order valence-corrected chi connectivity index (χ3v) is 1.97. The first-order valence-corrected chi connectivity index (χ1v) is 5.23. The molecular weight excluding hydrogens is 172 g/mol. The van der Waals surface area contributed by atoms with E-state index in [-0.39, 0.29) is 0 Å². The van der Waals surface area contributed by atoms with E-state index in [0.29, 0.717) is 0 Å². The second-order valence-electron chi connectivity index (χ2n) is 3.23. The van der Waals surface area contributed by atoms with Crippen molar-refractivity contribution in [3.05, 3.63) is 42.4 Å². The van der Waals surface area contributed by atoms with Crippen molar-refractivity contribution in [3.8, 4) is 0 Å². The summed E-state index contributed by atoms with van der Waals surface area (Å²) in [6.45, 7) is 7.18. The molecule has 0 aliphatic heterocycles. The van der Waals surface area contributed by atoms with E-state index < -0.39 is 0 Å². The van der Waals surface area contributed by atoms with Gasteiger partial charge >= 0.3 is 0 Å². The predicted octanol–water partition coefficient (Wildman–Crippen LogP) is 1.94. The average molecular weight is 191 g/mol. The van der Waals surface area contributed by atoms with Crippen molar-refractivity contribution in [2.75, 3.05) is 13.1 Å². The molecule has 2 N–H and O–H groups in total. The first-order chi connectivity index (χ1) is 6.93. The van der Waals surface area contributed by atoms with Crippen LogP contribution in [0.1, 0.15) is 18.9 Å². The number of benzene rings is 1. The fourth-order valence-electron chi connectivity index (χ4n) is 1.24.